The molecular weight excluding hydrogens is 412 g/mol. The van der Waals surface area contributed by atoms with E-state index in [1.165, 1.54) is 12.8 Å². The molecule has 0 unspecified atom stereocenters. The Morgan fingerprint density at radius 3 is 2.68 bits per heavy atom. The molecule has 0 aromatic carbocycles. The Balaban J connectivity index is 1.28. The molecule has 1 aliphatic heterocycles. The highest BCUT2D eigenvalue weighted by Crippen LogP contribution is 2.77. The largest absolute Gasteiger partial charge is 0.764 e. The number of hydrogen-bond acceptors (Lipinski definition) is 5. The molecule has 31 heavy (non-hydrogen) atoms. The van der Waals surface area contributed by atoms with E-state index in [2.05, 4.69) is 13.8 Å². The van der Waals surface area contributed by atoms with Crippen LogP contribution in [-0.4, -0.2) is 31.8 Å². The van der Waals surface area contributed by atoms with Gasteiger partial charge in [0, 0.05) is 11.5 Å². The van der Waals surface area contributed by atoms with Crippen molar-refractivity contribution in [2.45, 2.75) is 88.9 Å². The van der Waals surface area contributed by atoms with Crippen molar-refractivity contribution in [2.75, 3.05) is 0 Å². The van der Waals surface area contributed by atoms with Gasteiger partial charge in [-0.1, -0.05) is 13.8 Å². The summed E-state index contributed by atoms with van der Waals surface area (Å²) in [5.41, 5.74) is 1.17. The zero-order valence-electron chi connectivity index (χ0n) is 18.3. The predicted molar refractivity (Wildman–Crippen MR) is 112 cm³/mol. The normalized spacial score (nSPS) is 49.9. The minimum absolute atomic E-state index is 0.0334. The lowest BCUT2D eigenvalue weighted by Crippen LogP contribution is -2.58. The SMILES string of the molecule is C[C@]12CC[C@H](O[Si](=O)O)C[C@H]1CC[C@@H]1[C@@H]2CC[C@]2(C)[C@@H](c3ccc(=O)oc3)C[C@H]3O[C@]132. The van der Waals surface area contributed by atoms with Gasteiger partial charge in [0.1, 0.15) is 5.60 Å². The number of fused-ring (bicyclic) bond motifs is 3. The second-order valence-corrected chi connectivity index (χ2v) is 12.1. The lowest BCUT2D eigenvalue weighted by molar-refractivity contribution is -0.138. The van der Waals surface area contributed by atoms with Gasteiger partial charge in [-0.25, -0.2) is 4.79 Å². The minimum Gasteiger partial charge on any atom is -0.511 e. The summed E-state index contributed by atoms with van der Waals surface area (Å²) >= 11 is 0. The van der Waals surface area contributed by atoms with Gasteiger partial charge >= 0.3 is 14.8 Å². The Bertz CT molecular complexity index is 957. The maximum atomic E-state index is 11.5. The molecule has 6 rings (SSSR count). The van der Waals surface area contributed by atoms with E-state index in [1.807, 2.05) is 6.07 Å². The lowest BCUT2D eigenvalue weighted by atomic mass is 9.44. The zero-order chi connectivity index (χ0) is 21.6. The maximum Gasteiger partial charge on any atom is 0.764 e. The van der Waals surface area contributed by atoms with Crippen LogP contribution in [0.4, 0.5) is 0 Å². The van der Waals surface area contributed by atoms with E-state index in [4.69, 9.17) is 13.6 Å². The van der Waals surface area contributed by atoms with Gasteiger partial charge in [0.2, 0.25) is 0 Å². The van der Waals surface area contributed by atoms with E-state index >= 15 is 0 Å². The smallest absolute Gasteiger partial charge is 0.511 e. The first-order valence-corrected chi connectivity index (χ1v) is 13.2. The number of ether oxygens (including phenoxy) is 1. The average Bonchev–Trinajstić information content (AvgIpc) is 3.39. The van der Waals surface area contributed by atoms with Crippen LogP contribution in [0.1, 0.15) is 76.7 Å². The molecule has 0 amide bonds. The van der Waals surface area contributed by atoms with E-state index < -0.39 is 9.17 Å². The summed E-state index contributed by atoms with van der Waals surface area (Å²) in [6.07, 6.45) is 10.5. The Hall–Kier alpha value is -1.47. The molecule has 1 spiro atoms. The van der Waals surface area contributed by atoms with Crippen LogP contribution < -0.4 is 5.63 Å². The van der Waals surface area contributed by atoms with E-state index in [1.54, 1.807) is 12.3 Å². The number of epoxide rings is 1. The van der Waals surface area contributed by atoms with Crippen molar-refractivity contribution in [2.24, 2.45) is 28.6 Å². The Kier molecular flexibility index (Phi) is 4.25. The third-order valence-electron chi connectivity index (χ3n) is 10.4. The van der Waals surface area contributed by atoms with Crippen molar-refractivity contribution < 1.29 is 22.8 Å². The monoisotopic (exact) mass is 444 g/mol. The van der Waals surface area contributed by atoms with Gasteiger partial charge in [-0.2, -0.15) is 0 Å². The van der Waals surface area contributed by atoms with Crippen molar-refractivity contribution in [3.8, 4) is 0 Å². The molecule has 2 heterocycles. The van der Waals surface area contributed by atoms with Gasteiger partial charge in [0.05, 0.1) is 18.5 Å². The quantitative estimate of drug-likeness (QED) is 0.565. The van der Waals surface area contributed by atoms with Gasteiger partial charge in [-0.15, -0.1) is 0 Å². The summed E-state index contributed by atoms with van der Waals surface area (Å²) in [7, 11) is -2.87. The van der Waals surface area contributed by atoms with Crippen LogP contribution in [0.25, 0.3) is 0 Å². The summed E-state index contributed by atoms with van der Waals surface area (Å²) in [5, 5.41) is 0. The summed E-state index contributed by atoms with van der Waals surface area (Å²) in [6.45, 7) is 4.89. The summed E-state index contributed by atoms with van der Waals surface area (Å²) in [5.74, 6) is 2.16. The van der Waals surface area contributed by atoms with Crippen LogP contribution in [0.5, 0.6) is 0 Å². The van der Waals surface area contributed by atoms with Crippen molar-refractivity contribution in [3.63, 3.8) is 0 Å². The molecule has 1 aromatic heterocycles. The van der Waals surface area contributed by atoms with Crippen LogP contribution in [0.3, 0.4) is 0 Å². The van der Waals surface area contributed by atoms with Crippen LogP contribution in [-0.2, 0) is 13.6 Å². The molecular formula is C24H32O6Si. The molecule has 4 saturated carbocycles. The van der Waals surface area contributed by atoms with E-state index in [0.717, 1.165) is 44.1 Å². The first-order chi connectivity index (χ1) is 14.8. The Morgan fingerprint density at radius 1 is 1.10 bits per heavy atom. The third-order valence-corrected chi connectivity index (χ3v) is 11.0. The van der Waals surface area contributed by atoms with E-state index in [9.17, 15) is 14.1 Å². The summed E-state index contributed by atoms with van der Waals surface area (Å²) in [6, 6.07) is 3.51. The van der Waals surface area contributed by atoms with Gasteiger partial charge in [-0.05, 0) is 92.1 Å². The molecule has 5 aliphatic rings. The fourth-order valence-corrected chi connectivity index (χ4v) is 9.47. The van der Waals surface area contributed by atoms with Crippen molar-refractivity contribution >= 4 is 9.17 Å². The maximum absolute atomic E-state index is 11.5. The predicted octanol–water partition coefficient (Wildman–Crippen LogP) is 3.69. The highest BCUT2D eigenvalue weighted by molar-refractivity contribution is 6.24. The molecule has 5 fully saturated rings. The lowest BCUT2D eigenvalue weighted by Gasteiger charge is -2.61. The van der Waals surface area contributed by atoms with Crippen LogP contribution in [0, 0.1) is 28.6 Å². The molecule has 0 radical (unpaired) electrons. The number of rotatable bonds is 3. The Labute approximate surface area is 184 Å². The molecule has 7 heteroatoms. The second-order valence-electron chi connectivity index (χ2n) is 11.3. The van der Waals surface area contributed by atoms with Crippen molar-refractivity contribution in [1.82, 2.24) is 0 Å². The van der Waals surface area contributed by atoms with Crippen LogP contribution >= 0.6 is 0 Å². The molecule has 4 aliphatic carbocycles. The summed E-state index contributed by atoms with van der Waals surface area (Å²) < 4.78 is 28.4. The highest BCUT2D eigenvalue weighted by Gasteiger charge is 2.80. The topological polar surface area (TPSA) is 89.3 Å². The molecule has 1 aromatic rings. The van der Waals surface area contributed by atoms with Gasteiger partial charge in [-0.3, -0.25) is 4.46 Å². The molecule has 168 valence electrons. The zero-order valence-corrected chi connectivity index (χ0v) is 19.3. The fraction of sp³-hybridized carbons (Fsp3) is 0.792. The Morgan fingerprint density at radius 2 is 1.94 bits per heavy atom. The average molecular weight is 445 g/mol. The van der Waals surface area contributed by atoms with Gasteiger partial charge in [0.15, 0.2) is 0 Å². The molecule has 9 atom stereocenters. The molecule has 1 saturated heterocycles. The third kappa shape index (κ3) is 2.62. The minimum atomic E-state index is -2.87. The van der Waals surface area contributed by atoms with Crippen LogP contribution in [0.15, 0.2) is 27.6 Å². The first kappa shape index (κ1) is 20.2. The fourth-order valence-electron chi connectivity index (χ4n) is 8.97. The van der Waals surface area contributed by atoms with Gasteiger partial charge < -0.3 is 18.4 Å². The number of hydrogen-bond donors (Lipinski definition) is 1. The second kappa shape index (κ2) is 6.53. The summed E-state index contributed by atoms with van der Waals surface area (Å²) in [4.78, 5) is 20.7. The van der Waals surface area contributed by atoms with E-state index in [-0.39, 0.29) is 28.2 Å². The van der Waals surface area contributed by atoms with Crippen molar-refractivity contribution in [3.05, 3.63) is 34.4 Å². The molecule has 6 nitrogen and oxygen atoms in total. The van der Waals surface area contributed by atoms with E-state index in [0.29, 0.717) is 29.8 Å². The van der Waals surface area contributed by atoms with Crippen LogP contribution in [0.2, 0.25) is 0 Å². The van der Waals surface area contributed by atoms with Gasteiger partial charge in [0.25, 0.3) is 0 Å². The standard InChI is InChI=1S/C24H32O6Si/c1-22-9-7-16(30-31(26)27)11-15(22)4-5-18-17(22)8-10-23(2)19(12-20-24(18,23)29-20)14-3-6-21(25)28-13-14/h3,6,13,15-20,26H,4-5,7-12H2,1-2H3/t15-,16+,17+,18-,19-,20-,22+,23-,24-/m1/s1. The molecule has 1 N–H and O–H groups in total. The highest BCUT2D eigenvalue weighted by atomic mass is 28.3. The molecule has 0 bridgehead atoms. The van der Waals surface area contributed by atoms with Crippen molar-refractivity contribution in [1.29, 1.82) is 0 Å². The first-order valence-electron chi connectivity index (χ1n) is 11.9.